The van der Waals surface area contributed by atoms with E-state index in [1.165, 1.54) is 38.9 Å². The van der Waals surface area contributed by atoms with Gasteiger partial charge in [-0.05, 0) is 46.7 Å². The molecule has 0 aromatic carbocycles. The van der Waals surface area contributed by atoms with Crippen LogP contribution in [0.1, 0.15) is 47.0 Å². The summed E-state index contributed by atoms with van der Waals surface area (Å²) >= 11 is 0. The van der Waals surface area contributed by atoms with E-state index in [4.69, 9.17) is 0 Å². The molecule has 1 N–H and O–H groups in total. The first-order valence-electron chi connectivity index (χ1n) is 6.03. The van der Waals surface area contributed by atoms with Crippen molar-refractivity contribution in [1.82, 2.24) is 10.2 Å². The van der Waals surface area contributed by atoms with Gasteiger partial charge in [0.05, 0.1) is 0 Å². The summed E-state index contributed by atoms with van der Waals surface area (Å²) in [7, 11) is 0. The molecule has 0 aliphatic carbocycles. The molecule has 1 heterocycles. The topological polar surface area (TPSA) is 15.3 Å². The molecule has 14 heavy (non-hydrogen) atoms. The summed E-state index contributed by atoms with van der Waals surface area (Å²) in [5.41, 5.74) is 0.281. The molecule has 1 saturated heterocycles. The van der Waals surface area contributed by atoms with Gasteiger partial charge in [-0.1, -0.05) is 13.3 Å². The quantitative estimate of drug-likeness (QED) is 0.748. The molecule has 2 nitrogen and oxygen atoms in total. The molecule has 1 aliphatic heterocycles. The molecule has 1 fully saturated rings. The highest BCUT2D eigenvalue weighted by Crippen LogP contribution is 2.14. The van der Waals surface area contributed by atoms with E-state index in [9.17, 15) is 0 Å². The Hall–Kier alpha value is -0.0800. The Morgan fingerprint density at radius 2 is 2.14 bits per heavy atom. The molecule has 0 spiro atoms. The van der Waals surface area contributed by atoms with Crippen LogP contribution in [0.4, 0.5) is 0 Å². The summed E-state index contributed by atoms with van der Waals surface area (Å²) < 4.78 is 0. The maximum absolute atomic E-state index is 3.68. The van der Waals surface area contributed by atoms with Crippen molar-refractivity contribution in [3.05, 3.63) is 0 Å². The first-order chi connectivity index (χ1) is 6.53. The summed E-state index contributed by atoms with van der Waals surface area (Å²) in [5, 5.41) is 3.68. The highest BCUT2D eigenvalue weighted by molar-refractivity contribution is 4.87. The predicted octanol–water partition coefficient (Wildman–Crippen LogP) is 2.25. The number of rotatable bonds is 3. The Bertz CT molecular complexity index is 166. The third kappa shape index (κ3) is 3.97. The molecular formula is C12H26N2. The molecule has 0 saturated carbocycles. The summed E-state index contributed by atoms with van der Waals surface area (Å²) in [4.78, 5) is 2.61. The zero-order chi connectivity index (χ0) is 10.6. The van der Waals surface area contributed by atoms with Crippen molar-refractivity contribution in [1.29, 1.82) is 0 Å². The zero-order valence-corrected chi connectivity index (χ0v) is 10.3. The molecule has 0 amide bonds. The second-order valence-corrected chi connectivity index (χ2v) is 5.35. The van der Waals surface area contributed by atoms with Gasteiger partial charge in [0.25, 0.3) is 0 Å². The van der Waals surface area contributed by atoms with Crippen LogP contribution in [0.5, 0.6) is 0 Å². The van der Waals surface area contributed by atoms with Gasteiger partial charge in [0.1, 0.15) is 0 Å². The lowest BCUT2D eigenvalue weighted by molar-refractivity contribution is 0.227. The summed E-state index contributed by atoms with van der Waals surface area (Å²) in [5.74, 6) is 0. The molecule has 0 aromatic rings. The fourth-order valence-corrected chi connectivity index (χ4v) is 2.37. The second kappa shape index (κ2) is 5.13. The number of nitrogens with zero attached hydrogens (tertiary/aromatic N) is 1. The highest BCUT2D eigenvalue weighted by atomic mass is 15.2. The van der Waals surface area contributed by atoms with Crippen LogP contribution in [0, 0.1) is 0 Å². The molecular weight excluding hydrogens is 172 g/mol. The first kappa shape index (κ1) is 12.0. The lowest BCUT2D eigenvalue weighted by Gasteiger charge is -2.30. The van der Waals surface area contributed by atoms with Gasteiger partial charge in [-0.2, -0.15) is 0 Å². The highest BCUT2D eigenvalue weighted by Gasteiger charge is 2.26. The van der Waals surface area contributed by atoms with Crippen molar-refractivity contribution < 1.29 is 0 Å². The van der Waals surface area contributed by atoms with Crippen molar-refractivity contribution in [2.75, 3.05) is 19.6 Å². The van der Waals surface area contributed by atoms with Gasteiger partial charge in [-0.15, -0.1) is 0 Å². The number of nitrogens with one attached hydrogen (secondary N) is 1. The van der Waals surface area contributed by atoms with Gasteiger partial charge in [-0.3, -0.25) is 0 Å². The average Bonchev–Trinajstić information content (AvgIpc) is 2.20. The monoisotopic (exact) mass is 198 g/mol. The van der Waals surface area contributed by atoms with Crippen LogP contribution in [-0.4, -0.2) is 36.1 Å². The fraction of sp³-hybridized carbons (Fsp3) is 1.00. The van der Waals surface area contributed by atoms with E-state index >= 15 is 0 Å². The minimum absolute atomic E-state index is 0.281. The Morgan fingerprint density at radius 3 is 2.79 bits per heavy atom. The van der Waals surface area contributed by atoms with Gasteiger partial charge >= 0.3 is 0 Å². The Balaban J connectivity index is 2.45. The third-order valence-corrected chi connectivity index (χ3v) is 2.96. The molecule has 1 rings (SSSR count). The molecule has 1 unspecified atom stereocenters. The van der Waals surface area contributed by atoms with Crippen LogP contribution in [0.25, 0.3) is 0 Å². The lowest BCUT2D eigenvalue weighted by Crippen LogP contribution is -2.48. The summed E-state index contributed by atoms with van der Waals surface area (Å²) in [6.45, 7) is 12.9. The van der Waals surface area contributed by atoms with Gasteiger partial charge in [0, 0.05) is 18.1 Å². The van der Waals surface area contributed by atoms with E-state index in [1.807, 2.05) is 0 Å². The van der Waals surface area contributed by atoms with Gasteiger partial charge in [0.2, 0.25) is 0 Å². The minimum Gasteiger partial charge on any atom is -0.308 e. The van der Waals surface area contributed by atoms with E-state index in [2.05, 4.69) is 37.9 Å². The maximum atomic E-state index is 3.68. The van der Waals surface area contributed by atoms with Gasteiger partial charge in [0.15, 0.2) is 0 Å². The summed E-state index contributed by atoms with van der Waals surface area (Å²) in [6.07, 6.45) is 3.93. The van der Waals surface area contributed by atoms with E-state index in [-0.39, 0.29) is 5.54 Å². The van der Waals surface area contributed by atoms with Crippen LogP contribution in [0.3, 0.4) is 0 Å². The van der Waals surface area contributed by atoms with E-state index < -0.39 is 0 Å². The third-order valence-electron chi connectivity index (χ3n) is 2.96. The summed E-state index contributed by atoms with van der Waals surface area (Å²) in [6, 6.07) is 0.664. The van der Waals surface area contributed by atoms with Crippen LogP contribution in [0.2, 0.25) is 0 Å². The standard InChI is InChI=1S/C12H26N2/c1-5-6-8-14-9-7-11(2)13-12(3,4)10-14/h11,13H,5-10H2,1-4H3. The Kier molecular flexibility index (Phi) is 4.39. The molecule has 0 aromatic heterocycles. The Labute approximate surface area is 89.1 Å². The number of unbranched alkanes of at least 4 members (excludes halogenated alkanes) is 1. The smallest absolute Gasteiger partial charge is 0.0254 e. The zero-order valence-electron chi connectivity index (χ0n) is 10.3. The van der Waals surface area contributed by atoms with Crippen molar-refractivity contribution >= 4 is 0 Å². The molecule has 0 bridgehead atoms. The SMILES string of the molecule is CCCCN1CCC(C)NC(C)(C)C1. The molecule has 1 aliphatic rings. The number of hydrogen-bond acceptors (Lipinski definition) is 2. The van der Waals surface area contributed by atoms with E-state index in [1.54, 1.807) is 0 Å². The van der Waals surface area contributed by atoms with Crippen LogP contribution in [-0.2, 0) is 0 Å². The van der Waals surface area contributed by atoms with Crippen LogP contribution >= 0.6 is 0 Å². The van der Waals surface area contributed by atoms with E-state index in [0.29, 0.717) is 6.04 Å². The number of hydrogen-bond donors (Lipinski definition) is 1. The normalized spacial score (nSPS) is 28.7. The van der Waals surface area contributed by atoms with Crippen molar-refractivity contribution in [3.63, 3.8) is 0 Å². The molecule has 1 atom stereocenters. The van der Waals surface area contributed by atoms with E-state index in [0.717, 1.165) is 0 Å². The largest absolute Gasteiger partial charge is 0.308 e. The second-order valence-electron chi connectivity index (χ2n) is 5.35. The Morgan fingerprint density at radius 1 is 1.43 bits per heavy atom. The van der Waals surface area contributed by atoms with Crippen LogP contribution < -0.4 is 5.32 Å². The van der Waals surface area contributed by atoms with Crippen molar-refractivity contribution in [2.24, 2.45) is 0 Å². The van der Waals surface area contributed by atoms with Crippen molar-refractivity contribution in [3.8, 4) is 0 Å². The predicted molar refractivity (Wildman–Crippen MR) is 62.6 cm³/mol. The molecule has 2 heteroatoms. The lowest BCUT2D eigenvalue weighted by atomic mass is 10.0. The minimum atomic E-state index is 0.281. The molecule has 0 radical (unpaired) electrons. The van der Waals surface area contributed by atoms with Gasteiger partial charge in [-0.25, -0.2) is 0 Å². The maximum Gasteiger partial charge on any atom is 0.0254 e. The van der Waals surface area contributed by atoms with Gasteiger partial charge < -0.3 is 10.2 Å². The van der Waals surface area contributed by atoms with Crippen LogP contribution in [0.15, 0.2) is 0 Å². The first-order valence-corrected chi connectivity index (χ1v) is 6.03. The molecule has 84 valence electrons. The van der Waals surface area contributed by atoms with Crippen molar-refractivity contribution in [2.45, 2.75) is 58.5 Å². The fourth-order valence-electron chi connectivity index (χ4n) is 2.37. The average molecular weight is 198 g/mol.